The molecule has 21 heavy (non-hydrogen) atoms. The van der Waals surface area contributed by atoms with Crippen LogP contribution in [0.25, 0.3) is 16.7 Å². The maximum Gasteiger partial charge on any atom is 0.132 e. The fourth-order valence-corrected chi connectivity index (χ4v) is 2.92. The number of aromatic nitrogens is 2. The predicted octanol–water partition coefficient (Wildman–Crippen LogP) is 5.37. The molecule has 0 fully saturated rings. The first-order chi connectivity index (χ1) is 9.97. The fourth-order valence-electron chi connectivity index (χ4n) is 2.25. The largest absolute Gasteiger partial charge is 0.294 e. The molecule has 2 aromatic carbocycles. The van der Waals surface area contributed by atoms with Crippen molar-refractivity contribution in [3.63, 3.8) is 0 Å². The van der Waals surface area contributed by atoms with Gasteiger partial charge in [0.1, 0.15) is 17.5 Å². The van der Waals surface area contributed by atoms with Crippen LogP contribution in [0.2, 0.25) is 0 Å². The molecule has 2 nitrogen and oxygen atoms in total. The highest BCUT2D eigenvalue weighted by Crippen LogP contribution is 2.32. The van der Waals surface area contributed by atoms with Gasteiger partial charge in [-0.05, 0) is 53.2 Å². The number of halogens is 4. The van der Waals surface area contributed by atoms with Crippen molar-refractivity contribution >= 4 is 38.6 Å². The van der Waals surface area contributed by atoms with E-state index in [1.807, 2.05) is 0 Å². The highest BCUT2D eigenvalue weighted by atomic mass is 79.9. The van der Waals surface area contributed by atoms with Gasteiger partial charge in [-0.1, -0.05) is 0 Å². The van der Waals surface area contributed by atoms with Crippen molar-refractivity contribution in [3.05, 3.63) is 58.3 Å². The lowest BCUT2D eigenvalue weighted by Crippen LogP contribution is -2.03. The van der Waals surface area contributed by atoms with Crippen LogP contribution in [0.3, 0.4) is 0 Å². The summed E-state index contributed by atoms with van der Waals surface area (Å²) in [5.41, 5.74) is 1.88. The molecule has 0 aliphatic heterocycles. The smallest absolute Gasteiger partial charge is 0.132 e. The Morgan fingerprint density at radius 1 is 1.14 bits per heavy atom. The first-order valence-electron chi connectivity index (χ1n) is 6.25. The van der Waals surface area contributed by atoms with Gasteiger partial charge in [0.2, 0.25) is 0 Å². The molecule has 0 spiro atoms. The maximum absolute atomic E-state index is 13.6. The number of hydrogen-bond acceptors (Lipinski definition) is 1. The second kappa shape index (κ2) is 5.39. The minimum atomic E-state index is -0.377. The molecule has 0 bridgehead atoms. The molecule has 6 heteroatoms. The van der Waals surface area contributed by atoms with Gasteiger partial charge < -0.3 is 0 Å². The van der Waals surface area contributed by atoms with Gasteiger partial charge in [-0.25, -0.2) is 13.8 Å². The lowest BCUT2D eigenvalue weighted by Gasteiger charge is -2.12. The SMILES string of the molecule is CC(Cl)c1nc2ccc(F)cc2n1-c1ccc(F)cc1Br. The Hall–Kier alpha value is -1.46. The summed E-state index contributed by atoms with van der Waals surface area (Å²) < 4.78 is 29.1. The summed E-state index contributed by atoms with van der Waals surface area (Å²) in [4.78, 5) is 4.44. The van der Waals surface area contributed by atoms with E-state index in [1.165, 1.54) is 24.3 Å². The molecule has 1 aromatic heterocycles. The van der Waals surface area contributed by atoms with Gasteiger partial charge in [0.15, 0.2) is 0 Å². The molecule has 1 atom stereocenters. The number of fused-ring (bicyclic) bond motifs is 1. The second-order valence-corrected chi connectivity index (χ2v) is 6.16. The molecule has 108 valence electrons. The van der Waals surface area contributed by atoms with Gasteiger partial charge in [0.05, 0.1) is 22.1 Å². The van der Waals surface area contributed by atoms with Crippen molar-refractivity contribution in [1.29, 1.82) is 0 Å². The Bertz CT molecular complexity index is 830. The average molecular weight is 372 g/mol. The summed E-state index contributed by atoms with van der Waals surface area (Å²) in [6.45, 7) is 1.78. The van der Waals surface area contributed by atoms with E-state index in [-0.39, 0.29) is 17.0 Å². The van der Waals surface area contributed by atoms with Gasteiger partial charge in [-0.3, -0.25) is 4.57 Å². The topological polar surface area (TPSA) is 17.8 Å². The van der Waals surface area contributed by atoms with Crippen molar-refractivity contribution in [2.24, 2.45) is 0 Å². The zero-order valence-corrected chi connectivity index (χ0v) is 13.3. The van der Waals surface area contributed by atoms with Crippen LogP contribution in [0, 0.1) is 11.6 Å². The summed E-state index contributed by atoms with van der Waals surface area (Å²) in [6.07, 6.45) is 0. The quantitative estimate of drug-likeness (QED) is 0.554. The van der Waals surface area contributed by atoms with E-state index in [4.69, 9.17) is 11.6 Å². The summed E-state index contributed by atoms with van der Waals surface area (Å²) >= 11 is 9.52. The van der Waals surface area contributed by atoms with E-state index in [0.29, 0.717) is 27.0 Å². The lowest BCUT2D eigenvalue weighted by molar-refractivity contribution is 0.625. The van der Waals surface area contributed by atoms with Gasteiger partial charge in [0.25, 0.3) is 0 Å². The number of alkyl halides is 1. The van der Waals surface area contributed by atoms with Crippen molar-refractivity contribution in [2.75, 3.05) is 0 Å². The molecule has 1 heterocycles. The lowest BCUT2D eigenvalue weighted by atomic mass is 10.2. The van der Waals surface area contributed by atoms with Crippen LogP contribution < -0.4 is 0 Å². The average Bonchev–Trinajstić information content (AvgIpc) is 2.77. The highest BCUT2D eigenvalue weighted by Gasteiger charge is 2.18. The Morgan fingerprint density at radius 3 is 2.48 bits per heavy atom. The molecule has 1 unspecified atom stereocenters. The summed E-state index contributed by atoms with van der Waals surface area (Å²) in [6, 6.07) is 8.63. The molecule has 0 aliphatic carbocycles. The third kappa shape index (κ3) is 2.56. The third-order valence-corrected chi connectivity index (χ3v) is 3.98. The van der Waals surface area contributed by atoms with Gasteiger partial charge in [-0.15, -0.1) is 11.6 Å². The molecule has 0 N–H and O–H groups in total. The van der Waals surface area contributed by atoms with Gasteiger partial charge in [-0.2, -0.15) is 0 Å². The van der Waals surface area contributed by atoms with Crippen LogP contribution in [0.1, 0.15) is 18.1 Å². The third-order valence-electron chi connectivity index (χ3n) is 3.15. The normalized spacial score (nSPS) is 12.8. The Kier molecular flexibility index (Phi) is 3.71. The summed E-state index contributed by atoms with van der Waals surface area (Å²) in [7, 11) is 0. The Morgan fingerprint density at radius 2 is 1.81 bits per heavy atom. The van der Waals surface area contributed by atoms with E-state index in [0.717, 1.165) is 0 Å². The van der Waals surface area contributed by atoms with Crippen molar-refractivity contribution in [1.82, 2.24) is 9.55 Å². The number of nitrogens with zero attached hydrogens (tertiary/aromatic N) is 2. The van der Waals surface area contributed by atoms with Crippen LogP contribution >= 0.6 is 27.5 Å². The predicted molar refractivity (Wildman–Crippen MR) is 83.0 cm³/mol. The highest BCUT2D eigenvalue weighted by molar-refractivity contribution is 9.10. The van der Waals surface area contributed by atoms with Crippen LogP contribution in [0.15, 0.2) is 40.9 Å². The van der Waals surface area contributed by atoms with E-state index < -0.39 is 0 Å². The minimum Gasteiger partial charge on any atom is -0.294 e. The monoisotopic (exact) mass is 370 g/mol. The maximum atomic E-state index is 13.6. The molecule has 0 aliphatic rings. The van der Waals surface area contributed by atoms with Crippen molar-refractivity contribution in [3.8, 4) is 5.69 Å². The van der Waals surface area contributed by atoms with E-state index in [2.05, 4.69) is 20.9 Å². The molecule has 3 aromatic rings. The van der Waals surface area contributed by atoms with E-state index in [1.54, 1.807) is 23.6 Å². The van der Waals surface area contributed by atoms with Crippen LogP contribution in [-0.2, 0) is 0 Å². The van der Waals surface area contributed by atoms with Crippen molar-refractivity contribution in [2.45, 2.75) is 12.3 Å². The second-order valence-electron chi connectivity index (χ2n) is 4.65. The molecule has 3 rings (SSSR count). The van der Waals surface area contributed by atoms with E-state index in [9.17, 15) is 8.78 Å². The number of benzene rings is 2. The Balaban J connectivity index is 2.38. The minimum absolute atomic E-state index is 0.360. The fraction of sp³-hybridized carbons (Fsp3) is 0.133. The van der Waals surface area contributed by atoms with Gasteiger partial charge in [0, 0.05) is 10.5 Å². The zero-order valence-electron chi connectivity index (χ0n) is 10.9. The molecule has 0 saturated carbocycles. The van der Waals surface area contributed by atoms with Crippen LogP contribution in [-0.4, -0.2) is 9.55 Å². The summed E-state index contributed by atoms with van der Waals surface area (Å²) in [5, 5.41) is -0.377. The summed E-state index contributed by atoms with van der Waals surface area (Å²) in [5.74, 6) is -0.151. The van der Waals surface area contributed by atoms with E-state index >= 15 is 0 Å². The number of imidazole rings is 1. The number of hydrogen-bond donors (Lipinski definition) is 0. The Labute approximate surface area is 133 Å². The number of rotatable bonds is 2. The zero-order chi connectivity index (χ0) is 15.1. The molecular weight excluding hydrogens is 362 g/mol. The first-order valence-corrected chi connectivity index (χ1v) is 7.47. The molecular formula is C15H10BrClF2N2. The molecule has 0 radical (unpaired) electrons. The first kappa shape index (κ1) is 14.5. The van der Waals surface area contributed by atoms with Gasteiger partial charge >= 0.3 is 0 Å². The van der Waals surface area contributed by atoms with Crippen molar-refractivity contribution < 1.29 is 8.78 Å². The van der Waals surface area contributed by atoms with Crippen LogP contribution in [0.5, 0.6) is 0 Å². The molecule has 0 saturated heterocycles. The van der Waals surface area contributed by atoms with Crippen LogP contribution in [0.4, 0.5) is 8.78 Å². The molecule has 0 amide bonds. The standard InChI is InChI=1S/C15H10BrClF2N2/c1-8(17)15-20-12-4-2-10(19)7-14(12)21(15)13-5-3-9(18)6-11(13)16/h2-8H,1H3.